The van der Waals surface area contributed by atoms with Crippen molar-refractivity contribution in [2.75, 3.05) is 18.0 Å². The molecule has 3 fully saturated rings. The Morgan fingerprint density at radius 2 is 1.87 bits per heavy atom. The molecule has 6 rings (SSSR count). The monoisotopic (exact) mass is 422 g/mol. The lowest BCUT2D eigenvalue weighted by Crippen LogP contribution is -2.60. The molecule has 0 atom stereocenters. The Bertz CT molecular complexity index is 1260. The fraction of sp³-hybridized carbons (Fsp3) is 0.458. The minimum absolute atomic E-state index is 0.0272. The van der Waals surface area contributed by atoms with Crippen LogP contribution in [0.25, 0.3) is 17.2 Å². The average Bonchev–Trinajstić information content (AvgIpc) is 3.41. The highest BCUT2D eigenvalue weighted by Crippen LogP contribution is 2.51. The molecule has 0 radical (unpaired) electrons. The molecule has 1 aliphatic heterocycles. The van der Waals surface area contributed by atoms with Crippen molar-refractivity contribution in [2.24, 2.45) is 12.5 Å². The van der Waals surface area contributed by atoms with Crippen LogP contribution in [0.2, 0.25) is 0 Å². The van der Waals surface area contributed by atoms with Crippen molar-refractivity contribution < 1.29 is 8.42 Å². The van der Waals surface area contributed by atoms with E-state index in [9.17, 15) is 13.2 Å². The summed E-state index contributed by atoms with van der Waals surface area (Å²) in [6.07, 6.45) is 12.0. The van der Waals surface area contributed by atoms with Crippen LogP contribution in [0.4, 0.5) is 5.69 Å². The minimum Gasteiger partial charge on any atom is -0.370 e. The van der Waals surface area contributed by atoms with Crippen molar-refractivity contribution in [2.45, 2.75) is 48.7 Å². The number of fused-ring (bicyclic) bond motifs is 1. The predicted molar refractivity (Wildman–Crippen MR) is 119 cm³/mol. The zero-order chi connectivity index (χ0) is 20.7. The van der Waals surface area contributed by atoms with E-state index >= 15 is 0 Å². The summed E-state index contributed by atoms with van der Waals surface area (Å²) in [6.45, 7) is 2.08. The summed E-state index contributed by atoms with van der Waals surface area (Å²) in [6, 6.07) is 5.64. The summed E-state index contributed by atoms with van der Waals surface area (Å²) in [4.78, 5) is 15.4. The van der Waals surface area contributed by atoms with E-state index in [0.29, 0.717) is 16.7 Å². The molecule has 1 saturated heterocycles. The number of anilines is 1. The van der Waals surface area contributed by atoms with E-state index in [0.717, 1.165) is 53.9 Å². The third-order valence-corrected chi connectivity index (χ3v) is 9.74. The maximum Gasteiger partial charge on any atom is 0.254 e. The molecule has 2 aromatic rings. The number of nitrogens with zero attached hydrogens (tertiary/aromatic N) is 2. The molecule has 0 unspecified atom stereocenters. The number of sulfone groups is 1. The molecule has 3 aliphatic carbocycles. The third kappa shape index (κ3) is 2.59. The second kappa shape index (κ2) is 6.10. The zero-order valence-corrected chi connectivity index (χ0v) is 18.0. The van der Waals surface area contributed by atoms with E-state index in [-0.39, 0.29) is 10.8 Å². The van der Waals surface area contributed by atoms with Crippen LogP contribution < -0.4 is 10.5 Å². The quantitative estimate of drug-likeness (QED) is 0.756. The molecule has 2 heterocycles. The maximum atomic E-state index is 13.0. The molecular formula is C24H26N2O3S. The summed E-state index contributed by atoms with van der Waals surface area (Å²) < 4.78 is 27.6. The molecule has 1 spiro atoms. The average molecular weight is 423 g/mol. The summed E-state index contributed by atoms with van der Waals surface area (Å²) in [5.41, 5.74) is 5.22. The summed E-state index contributed by atoms with van der Waals surface area (Å²) in [5.74, 6) is 0. The molecule has 4 aliphatic rings. The van der Waals surface area contributed by atoms with Gasteiger partial charge in [-0.15, -0.1) is 0 Å². The smallest absolute Gasteiger partial charge is 0.254 e. The Kier molecular flexibility index (Phi) is 3.75. The number of pyridine rings is 1. The molecule has 5 nitrogen and oxygen atoms in total. The molecule has 6 heteroatoms. The number of benzene rings is 1. The standard InChI is InChI=1S/C24H26N2O3S/c1-25-13-21(18-4-2-5-19(18)23(25)27)20-12-17(30(28,29)16-6-7-16)8-9-22(20)26-14-24(15-26)10-3-11-24/h2,4,8-9,12-13,16H,3,5-7,10-11,14-15H2,1H3. The predicted octanol–water partition coefficient (Wildman–Crippen LogP) is 3.55. The van der Waals surface area contributed by atoms with Crippen molar-refractivity contribution >= 4 is 21.6 Å². The van der Waals surface area contributed by atoms with E-state index in [1.165, 1.54) is 19.3 Å². The molecule has 0 amide bonds. The van der Waals surface area contributed by atoms with Crippen LogP contribution in [0.5, 0.6) is 0 Å². The van der Waals surface area contributed by atoms with Gasteiger partial charge in [0, 0.05) is 54.1 Å². The molecule has 1 aromatic carbocycles. The number of hydrogen-bond acceptors (Lipinski definition) is 4. The van der Waals surface area contributed by atoms with E-state index < -0.39 is 9.84 Å². The van der Waals surface area contributed by atoms with Gasteiger partial charge in [-0.3, -0.25) is 4.79 Å². The van der Waals surface area contributed by atoms with Crippen LogP contribution >= 0.6 is 0 Å². The van der Waals surface area contributed by atoms with E-state index in [4.69, 9.17) is 0 Å². The SMILES string of the molecule is Cn1cc(-c2cc(S(=O)(=O)C3CC3)ccc2N2CC3(CCC3)C2)c2c(c1=O)CC=C2. The molecule has 0 bridgehead atoms. The fourth-order valence-electron chi connectivity index (χ4n) is 5.39. The van der Waals surface area contributed by atoms with Gasteiger partial charge in [0.05, 0.1) is 10.1 Å². The summed E-state index contributed by atoms with van der Waals surface area (Å²) in [7, 11) is -1.50. The van der Waals surface area contributed by atoms with Crippen molar-refractivity contribution in [3.05, 3.63) is 52.0 Å². The van der Waals surface area contributed by atoms with Crippen LogP contribution in [0, 0.1) is 5.41 Å². The minimum atomic E-state index is -3.28. The molecule has 0 N–H and O–H groups in total. The van der Waals surface area contributed by atoms with Gasteiger partial charge in [-0.25, -0.2) is 8.42 Å². The molecule has 156 valence electrons. The van der Waals surface area contributed by atoms with Gasteiger partial charge in [-0.05, 0) is 55.9 Å². The van der Waals surface area contributed by atoms with Gasteiger partial charge in [-0.2, -0.15) is 0 Å². The third-order valence-electron chi connectivity index (χ3n) is 7.48. The van der Waals surface area contributed by atoms with Crippen LogP contribution in [-0.2, 0) is 23.3 Å². The van der Waals surface area contributed by atoms with Crippen LogP contribution in [0.1, 0.15) is 43.2 Å². The second-order valence-corrected chi connectivity index (χ2v) is 11.8. The first-order valence-corrected chi connectivity index (χ1v) is 12.4. The Morgan fingerprint density at radius 1 is 1.10 bits per heavy atom. The van der Waals surface area contributed by atoms with Crippen molar-refractivity contribution in [1.29, 1.82) is 0 Å². The second-order valence-electron chi connectivity index (χ2n) is 9.59. The Balaban J connectivity index is 1.52. The fourth-order valence-corrected chi connectivity index (χ4v) is 7.07. The molecular weight excluding hydrogens is 396 g/mol. The Morgan fingerprint density at radius 3 is 2.53 bits per heavy atom. The first-order chi connectivity index (χ1) is 14.4. The first kappa shape index (κ1) is 18.4. The van der Waals surface area contributed by atoms with Gasteiger partial charge >= 0.3 is 0 Å². The van der Waals surface area contributed by atoms with Gasteiger partial charge < -0.3 is 9.47 Å². The number of allylic oxidation sites excluding steroid dienone is 1. The van der Waals surface area contributed by atoms with Crippen molar-refractivity contribution in [1.82, 2.24) is 4.57 Å². The molecule has 2 saturated carbocycles. The highest BCUT2D eigenvalue weighted by atomic mass is 32.2. The summed E-state index contributed by atoms with van der Waals surface area (Å²) >= 11 is 0. The largest absolute Gasteiger partial charge is 0.370 e. The van der Waals surface area contributed by atoms with Gasteiger partial charge in [-0.1, -0.05) is 18.6 Å². The van der Waals surface area contributed by atoms with E-state index in [1.54, 1.807) is 17.7 Å². The van der Waals surface area contributed by atoms with E-state index in [2.05, 4.69) is 4.90 Å². The topological polar surface area (TPSA) is 59.4 Å². The van der Waals surface area contributed by atoms with Gasteiger partial charge in [0.25, 0.3) is 5.56 Å². The van der Waals surface area contributed by atoms with Gasteiger partial charge in [0.15, 0.2) is 9.84 Å². The van der Waals surface area contributed by atoms with Crippen molar-refractivity contribution in [3.63, 3.8) is 0 Å². The lowest BCUT2D eigenvalue weighted by Gasteiger charge is -2.57. The Labute approximate surface area is 176 Å². The summed E-state index contributed by atoms with van der Waals surface area (Å²) in [5, 5.41) is -0.232. The highest BCUT2D eigenvalue weighted by molar-refractivity contribution is 7.92. The number of aromatic nitrogens is 1. The Hall–Kier alpha value is -2.34. The van der Waals surface area contributed by atoms with Crippen LogP contribution in [-0.4, -0.2) is 31.3 Å². The maximum absolute atomic E-state index is 13.0. The number of hydrogen-bond donors (Lipinski definition) is 0. The molecule has 30 heavy (non-hydrogen) atoms. The van der Waals surface area contributed by atoms with E-state index in [1.807, 2.05) is 30.5 Å². The molecule has 1 aromatic heterocycles. The van der Waals surface area contributed by atoms with Gasteiger partial charge in [0.2, 0.25) is 0 Å². The van der Waals surface area contributed by atoms with Crippen LogP contribution in [0.15, 0.2) is 40.2 Å². The number of rotatable bonds is 4. The number of aryl methyl sites for hydroxylation is 1. The first-order valence-electron chi connectivity index (χ1n) is 10.9. The van der Waals surface area contributed by atoms with Crippen LogP contribution in [0.3, 0.4) is 0 Å². The lowest BCUT2D eigenvalue weighted by molar-refractivity contribution is 0.0905. The highest BCUT2D eigenvalue weighted by Gasteiger charge is 2.48. The van der Waals surface area contributed by atoms with Gasteiger partial charge in [0.1, 0.15) is 0 Å². The normalized spacial score (nSPS) is 21.4. The zero-order valence-electron chi connectivity index (χ0n) is 17.2. The lowest BCUT2D eigenvalue weighted by atomic mass is 9.63. The van der Waals surface area contributed by atoms with Crippen molar-refractivity contribution in [3.8, 4) is 11.1 Å².